The highest BCUT2D eigenvalue weighted by molar-refractivity contribution is 5.95. The second-order valence-electron chi connectivity index (χ2n) is 7.91. The third-order valence-electron chi connectivity index (χ3n) is 5.56. The number of carbonyl (C=O) groups excluding carboxylic acids is 2. The minimum absolute atomic E-state index is 0. The molecule has 2 amide bonds. The third kappa shape index (κ3) is 5.94. The monoisotopic (exact) mass is 393 g/mol. The lowest BCUT2D eigenvalue weighted by atomic mass is 9.95. The summed E-state index contributed by atoms with van der Waals surface area (Å²) in [6, 6.07) is 5.95. The van der Waals surface area contributed by atoms with Gasteiger partial charge in [0.15, 0.2) is 0 Å². The number of likely N-dealkylation sites (tertiary alicyclic amines) is 1. The van der Waals surface area contributed by atoms with Gasteiger partial charge in [0.2, 0.25) is 5.91 Å². The average Bonchev–Trinajstić information content (AvgIpc) is 3.13. The second-order valence-corrected chi connectivity index (χ2v) is 7.91. The van der Waals surface area contributed by atoms with Crippen molar-refractivity contribution in [2.45, 2.75) is 39.5 Å². The molecule has 0 aliphatic carbocycles. The SMILES string of the molecule is Cc1cc(C)cc(C(=O)N2CCCC(C(=O)NCCC3CCNC3)C2)c1.Cl. The summed E-state index contributed by atoms with van der Waals surface area (Å²) in [5.41, 5.74) is 2.93. The number of nitrogens with one attached hydrogen (secondary N) is 2. The van der Waals surface area contributed by atoms with Gasteiger partial charge >= 0.3 is 0 Å². The molecule has 2 aliphatic heterocycles. The first kappa shape index (κ1) is 21.7. The maximum Gasteiger partial charge on any atom is 0.253 e. The lowest BCUT2D eigenvalue weighted by molar-refractivity contribution is -0.126. The summed E-state index contributed by atoms with van der Waals surface area (Å²) >= 11 is 0. The van der Waals surface area contributed by atoms with Crippen LogP contribution in [0.4, 0.5) is 0 Å². The van der Waals surface area contributed by atoms with Crippen molar-refractivity contribution in [3.63, 3.8) is 0 Å². The van der Waals surface area contributed by atoms with Crippen LogP contribution in [0.25, 0.3) is 0 Å². The van der Waals surface area contributed by atoms with E-state index >= 15 is 0 Å². The van der Waals surface area contributed by atoms with Crippen molar-refractivity contribution >= 4 is 24.2 Å². The largest absolute Gasteiger partial charge is 0.356 e. The van der Waals surface area contributed by atoms with E-state index < -0.39 is 0 Å². The Morgan fingerprint density at radius 2 is 1.93 bits per heavy atom. The summed E-state index contributed by atoms with van der Waals surface area (Å²) < 4.78 is 0. The van der Waals surface area contributed by atoms with E-state index in [4.69, 9.17) is 0 Å². The molecule has 2 saturated heterocycles. The van der Waals surface area contributed by atoms with Crippen LogP contribution in [0.15, 0.2) is 18.2 Å². The molecule has 0 aromatic heterocycles. The van der Waals surface area contributed by atoms with Crippen LogP contribution in [0.2, 0.25) is 0 Å². The van der Waals surface area contributed by atoms with Gasteiger partial charge in [0.1, 0.15) is 0 Å². The van der Waals surface area contributed by atoms with Crippen LogP contribution < -0.4 is 10.6 Å². The van der Waals surface area contributed by atoms with E-state index in [1.807, 2.05) is 30.9 Å². The zero-order valence-corrected chi connectivity index (χ0v) is 17.2. The first-order valence-electron chi connectivity index (χ1n) is 9.89. The van der Waals surface area contributed by atoms with E-state index in [0.29, 0.717) is 12.5 Å². The van der Waals surface area contributed by atoms with Crippen LogP contribution in [-0.2, 0) is 4.79 Å². The molecule has 2 aliphatic rings. The van der Waals surface area contributed by atoms with Gasteiger partial charge in [-0.2, -0.15) is 0 Å². The quantitative estimate of drug-likeness (QED) is 0.808. The molecule has 2 atom stereocenters. The number of piperidine rings is 1. The molecule has 27 heavy (non-hydrogen) atoms. The van der Waals surface area contributed by atoms with Crippen LogP contribution in [-0.4, -0.2) is 49.4 Å². The van der Waals surface area contributed by atoms with Gasteiger partial charge in [-0.3, -0.25) is 9.59 Å². The molecular weight excluding hydrogens is 362 g/mol. The molecule has 2 heterocycles. The molecule has 6 heteroatoms. The fourth-order valence-electron chi connectivity index (χ4n) is 4.16. The van der Waals surface area contributed by atoms with E-state index in [-0.39, 0.29) is 30.1 Å². The summed E-state index contributed by atoms with van der Waals surface area (Å²) in [5, 5.41) is 6.45. The van der Waals surface area contributed by atoms with E-state index in [1.54, 1.807) is 0 Å². The Balaban J connectivity index is 0.00000261. The molecule has 2 N–H and O–H groups in total. The predicted molar refractivity (Wildman–Crippen MR) is 110 cm³/mol. The molecule has 3 rings (SSSR count). The third-order valence-corrected chi connectivity index (χ3v) is 5.56. The fourth-order valence-corrected chi connectivity index (χ4v) is 4.16. The number of rotatable bonds is 5. The summed E-state index contributed by atoms with van der Waals surface area (Å²) in [6.45, 7) is 8.19. The van der Waals surface area contributed by atoms with Gasteiger partial charge in [0.05, 0.1) is 5.92 Å². The molecule has 0 bridgehead atoms. The molecule has 1 aromatic rings. The molecule has 0 saturated carbocycles. The summed E-state index contributed by atoms with van der Waals surface area (Å²) in [7, 11) is 0. The van der Waals surface area contributed by atoms with Gasteiger partial charge in [-0.05, 0) is 70.7 Å². The Bertz CT molecular complexity index is 639. The van der Waals surface area contributed by atoms with Crippen molar-refractivity contribution < 1.29 is 9.59 Å². The topological polar surface area (TPSA) is 61.4 Å². The van der Waals surface area contributed by atoms with Gasteiger partial charge in [0.25, 0.3) is 5.91 Å². The van der Waals surface area contributed by atoms with Gasteiger partial charge in [-0.15, -0.1) is 12.4 Å². The van der Waals surface area contributed by atoms with E-state index in [2.05, 4.69) is 16.7 Å². The Hall–Kier alpha value is -1.59. The average molecular weight is 394 g/mol. The summed E-state index contributed by atoms with van der Waals surface area (Å²) in [4.78, 5) is 27.2. The molecule has 2 unspecified atom stereocenters. The number of halogens is 1. The van der Waals surface area contributed by atoms with E-state index in [0.717, 1.165) is 62.1 Å². The minimum Gasteiger partial charge on any atom is -0.356 e. The zero-order valence-electron chi connectivity index (χ0n) is 16.4. The van der Waals surface area contributed by atoms with Crippen molar-refractivity contribution in [1.82, 2.24) is 15.5 Å². The highest BCUT2D eigenvalue weighted by Gasteiger charge is 2.29. The number of carbonyl (C=O) groups is 2. The molecule has 150 valence electrons. The molecular formula is C21H32ClN3O2. The van der Waals surface area contributed by atoms with Crippen LogP contribution >= 0.6 is 12.4 Å². The van der Waals surface area contributed by atoms with Gasteiger partial charge in [0, 0.05) is 25.2 Å². The van der Waals surface area contributed by atoms with E-state index in [9.17, 15) is 9.59 Å². The molecule has 5 nitrogen and oxygen atoms in total. The maximum atomic E-state index is 12.8. The van der Waals surface area contributed by atoms with Crippen molar-refractivity contribution in [3.05, 3.63) is 34.9 Å². The standard InChI is InChI=1S/C21H31N3O2.ClH/c1-15-10-16(2)12-19(11-15)21(26)24-9-3-4-18(14-24)20(25)23-8-6-17-5-7-22-13-17;/h10-12,17-18,22H,3-9,13-14H2,1-2H3,(H,23,25);1H. The number of hydrogen-bond donors (Lipinski definition) is 2. The second kappa shape index (κ2) is 10.1. The van der Waals surface area contributed by atoms with Crippen LogP contribution in [0.3, 0.4) is 0 Å². The zero-order chi connectivity index (χ0) is 18.5. The summed E-state index contributed by atoms with van der Waals surface area (Å²) in [6.07, 6.45) is 4.00. The van der Waals surface area contributed by atoms with Gasteiger partial charge in [-0.1, -0.05) is 17.2 Å². The van der Waals surface area contributed by atoms with Gasteiger partial charge < -0.3 is 15.5 Å². The van der Waals surface area contributed by atoms with Gasteiger partial charge in [-0.25, -0.2) is 0 Å². The van der Waals surface area contributed by atoms with Crippen LogP contribution in [0.1, 0.15) is 47.2 Å². The Kier molecular flexibility index (Phi) is 8.11. The number of aryl methyl sites for hydroxylation is 2. The summed E-state index contributed by atoms with van der Waals surface area (Å²) in [5.74, 6) is 0.754. The Morgan fingerprint density at radius 1 is 1.19 bits per heavy atom. The Morgan fingerprint density at radius 3 is 2.59 bits per heavy atom. The number of benzene rings is 1. The molecule has 0 spiro atoms. The fraction of sp³-hybridized carbons (Fsp3) is 0.619. The minimum atomic E-state index is -0.0830. The highest BCUT2D eigenvalue weighted by atomic mass is 35.5. The predicted octanol–water partition coefficient (Wildman–Crippen LogP) is 2.69. The number of nitrogens with zero attached hydrogens (tertiary/aromatic N) is 1. The highest BCUT2D eigenvalue weighted by Crippen LogP contribution is 2.20. The lowest BCUT2D eigenvalue weighted by Gasteiger charge is -2.32. The number of amides is 2. The maximum absolute atomic E-state index is 12.8. The van der Waals surface area contributed by atoms with Crippen molar-refractivity contribution in [3.8, 4) is 0 Å². The lowest BCUT2D eigenvalue weighted by Crippen LogP contribution is -2.45. The number of hydrogen-bond acceptors (Lipinski definition) is 3. The molecule has 1 aromatic carbocycles. The smallest absolute Gasteiger partial charge is 0.253 e. The normalized spacial score (nSPS) is 22.2. The van der Waals surface area contributed by atoms with Crippen LogP contribution in [0, 0.1) is 25.7 Å². The van der Waals surface area contributed by atoms with Crippen molar-refractivity contribution in [1.29, 1.82) is 0 Å². The first-order valence-corrected chi connectivity index (χ1v) is 9.89. The first-order chi connectivity index (χ1) is 12.5. The molecule has 2 fully saturated rings. The Labute approximate surface area is 168 Å². The van der Waals surface area contributed by atoms with Crippen molar-refractivity contribution in [2.24, 2.45) is 11.8 Å². The van der Waals surface area contributed by atoms with Crippen molar-refractivity contribution in [2.75, 3.05) is 32.7 Å². The van der Waals surface area contributed by atoms with Crippen LogP contribution in [0.5, 0.6) is 0 Å². The van der Waals surface area contributed by atoms with E-state index in [1.165, 1.54) is 6.42 Å². The molecule has 0 radical (unpaired) electrons.